The zero-order chi connectivity index (χ0) is 14.8. The van der Waals surface area contributed by atoms with Crippen molar-refractivity contribution in [2.24, 2.45) is 0 Å². The lowest BCUT2D eigenvalue weighted by atomic mass is 10.1. The van der Waals surface area contributed by atoms with Crippen LogP contribution in [0.5, 0.6) is 5.75 Å². The number of hydrogen-bond donors (Lipinski definition) is 2. The summed E-state index contributed by atoms with van der Waals surface area (Å²) in [6, 6.07) is 13.0. The van der Waals surface area contributed by atoms with E-state index in [1.165, 1.54) is 0 Å². The van der Waals surface area contributed by atoms with Crippen LogP contribution in [0.4, 0.5) is 11.4 Å². The van der Waals surface area contributed by atoms with E-state index >= 15 is 0 Å². The second kappa shape index (κ2) is 5.77. The van der Waals surface area contributed by atoms with E-state index in [1.54, 1.807) is 0 Å². The Bertz CT molecular complexity index is 688. The van der Waals surface area contributed by atoms with Crippen molar-refractivity contribution >= 4 is 33.2 Å². The Hall–Kier alpha value is -2.01. The lowest BCUT2D eigenvalue weighted by molar-refractivity contribution is -0.116. The Kier molecular flexibility index (Phi) is 3.84. The number of para-hydroxylation sites is 2. The number of rotatable bonds is 4. The summed E-state index contributed by atoms with van der Waals surface area (Å²) in [7, 11) is 0. The maximum absolute atomic E-state index is 12.2. The first-order valence-corrected chi connectivity index (χ1v) is 7.57. The van der Waals surface area contributed by atoms with E-state index in [2.05, 4.69) is 26.6 Å². The predicted octanol–water partition coefficient (Wildman–Crippen LogP) is 3.95. The number of nitrogens with one attached hydrogen (secondary N) is 2. The molecule has 1 aliphatic rings. The fraction of sp³-hybridized carbons (Fsp3) is 0.188. The van der Waals surface area contributed by atoms with E-state index in [-0.39, 0.29) is 5.91 Å². The van der Waals surface area contributed by atoms with E-state index in [9.17, 15) is 4.79 Å². The molecule has 1 amide bonds. The van der Waals surface area contributed by atoms with E-state index in [0.717, 1.165) is 27.2 Å². The van der Waals surface area contributed by atoms with Gasteiger partial charge in [0.15, 0.2) is 0 Å². The number of amides is 1. The maximum Gasteiger partial charge on any atom is 0.251 e. The van der Waals surface area contributed by atoms with Gasteiger partial charge in [0.05, 0.1) is 12.3 Å². The fourth-order valence-electron chi connectivity index (χ4n) is 2.40. The van der Waals surface area contributed by atoms with Gasteiger partial charge in [-0.2, -0.15) is 0 Å². The summed E-state index contributed by atoms with van der Waals surface area (Å²) in [5.41, 5.74) is 2.59. The Morgan fingerprint density at radius 3 is 2.90 bits per heavy atom. The first-order chi connectivity index (χ1) is 10.2. The zero-order valence-corrected chi connectivity index (χ0v) is 13.1. The van der Waals surface area contributed by atoms with Crippen molar-refractivity contribution in [2.75, 3.05) is 17.2 Å². The van der Waals surface area contributed by atoms with Crippen LogP contribution in [0.2, 0.25) is 0 Å². The summed E-state index contributed by atoms with van der Waals surface area (Å²) in [5, 5.41) is 6.15. The molecule has 0 bridgehead atoms. The number of carbonyl (C=O) groups is 1. The van der Waals surface area contributed by atoms with Gasteiger partial charge >= 0.3 is 0 Å². The van der Waals surface area contributed by atoms with Gasteiger partial charge in [-0.25, -0.2) is 0 Å². The quantitative estimate of drug-likeness (QED) is 0.880. The van der Waals surface area contributed by atoms with Crippen LogP contribution < -0.4 is 15.4 Å². The molecule has 1 unspecified atom stereocenters. The van der Waals surface area contributed by atoms with E-state index in [0.29, 0.717) is 6.61 Å². The van der Waals surface area contributed by atoms with Gasteiger partial charge in [-0.15, -0.1) is 0 Å². The van der Waals surface area contributed by atoms with Crippen molar-refractivity contribution in [1.29, 1.82) is 0 Å². The lowest BCUT2D eigenvalue weighted by Gasteiger charge is -2.16. The minimum absolute atomic E-state index is 0.0607. The second-order valence-corrected chi connectivity index (χ2v) is 5.64. The number of fused-ring (bicyclic) bond motifs is 1. The molecular formula is C16H15BrN2O2. The normalized spacial score (nSPS) is 16.3. The standard InChI is InChI=1S/C16H15BrN2O2/c1-2-21-14-6-4-3-5-13(14)18-15-11-9-10(17)7-8-12(11)19-16(15)20/h3-9,15,18H,2H2,1H3,(H,19,20). The van der Waals surface area contributed by atoms with E-state index < -0.39 is 6.04 Å². The van der Waals surface area contributed by atoms with Gasteiger partial charge < -0.3 is 15.4 Å². The molecular weight excluding hydrogens is 332 g/mol. The molecule has 0 radical (unpaired) electrons. The summed E-state index contributed by atoms with van der Waals surface area (Å²) >= 11 is 3.45. The van der Waals surface area contributed by atoms with Crippen molar-refractivity contribution in [1.82, 2.24) is 0 Å². The highest BCUT2D eigenvalue weighted by Crippen LogP contribution is 2.37. The molecule has 0 saturated heterocycles. The van der Waals surface area contributed by atoms with Crippen LogP contribution in [0, 0.1) is 0 Å². The number of anilines is 2. The van der Waals surface area contributed by atoms with Crippen molar-refractivity contribution in [3.63, 3.8) is 0 Å². The van der Waals surface area contributed by atoms with Crippen LogP contribution in [0.15, 0.2) is 46.9 Å². The van der Waals surface area contributed by atoms with Gasteiger partial charge in [-0.05, 0) is 37.3 Å². The molecule has 21 heavy (non-hydrogen) atoms. The molecule has 0 aromatic heterocycles. The molecule has 2 aromatic carbocycles. The molecule has 0 saturated carbocycles. The predicted molar refractivity (Wildman–Crippen MR) is 86.7 cm³/mol. The first kappa shape index (κ1) is 13.9. The van der Waals surface area contributed by atoms with Crippen LogP contribution >= 0.6 is 15.9 Å². The number of benzene rings is 2. The lowest BCUT2D eigenvalue weighted by Crippen LogP contribution is -2.20. The highest BCUT2D eigenvalue weighted by molar-refractivity contribution is 9.10. The van der Waals surface area contributed by atoms with Crippen LogP contribution in [0.25, 0.3) is 0 Å². The molecule has 3 rings (SSSR count). The van der Waals surface area contributed by atoms with E-state index in [4.69, 9.17) is 4.74 Å². The molecule has 0 aliphatic carbocycles. The molecule has 1 aliphatic heterocycles. The molecule has 1 heterocycles. The summed E-state index contributed by atoms with van der Waals surface area (Å²) in [6.07, 6.45) is 0. The number of carbonyl (C=O) groups excluding carboxylic acids is 1. The maximum atomic E-state index is 12.2. The second-order valence-electron chi connectivity index (χ2n) is 4.73. The zero-order valence-electron chi connectivity index (χ0n) is 11.5. The molecule has 4 nitrogen and oxygen atoms in total. The summed E-state index contributed by atoms with van der Waals surface area (Å²) < 4.78 is 6.54. The van der Waals surface area contributed by atoms with Gasteiger partial charge in [0.2, 0.25) is 0 Å². The Labute approximate surface area is 131 Å². The summed E-state index contributed by atoms with van der Waals surface area (Å²) in [5.74, 6) is 0.686. The molecule has 0 spiro atoms. The Balaban J connectivity index is 1.93. The third-order valence-electron chi connectivity index (χ3n) is 3.33. The smallest absolute Gasteiger partial charge is 0.251 e. The van der Waals surface area contributed by atoms with E-state index in [1.807, 2.05) is 49.4 Å². The largest absolute Gasteiger partial charge is 0.492 e. The average Bonchev–Trinajstić information content (AvgIpc) is 2.77. The van der Waals surface area contributed by atoms with Gasteiger partial charge in [0, 0.05) is 15.7 Å². The topological polar surface area (TPSA) is 50.4 Å². The number of ether oxygens (including phenoxy) is 1. The van der Waals surface area contributed by atoms with Crippen molar-refractivity contribution in [3.05, 3.63) is 52.5 Å². The Morgan fingerprint density at radius 1 is 1.29 bits per heavy atom. The monoisotopic (exact) mass is 346 g/mol. The Morgan fingerprint density at radius 2 is 2.10 bits per heavy atom. The average molecular weight is 347 g/mol. The van der Waals surface area contributed by atoms with Crippen LogP contribution in [0.1, 0.15) is 18.5 Å². The summed E-state index contributed by atoms with van der Waals surface area (Å²) in [4.78, 5) is 12.2. The summed E-state index contributed by atoms with van der Waals surface area (Å²) in [6.45, 7) is 2.52. The highest BCUT2D eigenvalue weighted by Gasteiger charge is 2.31. The third kappa shape index (κ3) is 2.74. The molecule has 5 heteroatoms. The molecule has 0 fully saturated rings. The fourth-order valence-corrected chi connectivity index (χ4v) is 2.78. The van der Waals surface area contributed by atoms with Gasteiger partial charge in [0.25, 0.3) is 5.91 Å². The third-order valence-corrected chi connectivity index (χ3v) is 3.82. The highest BCUT2D eigenvalue weighted by atomic mass is 79.9. The van der Waals surface area contributed by atoms with Crippen molar-refractivity contribution < 1.29 is 9.53 Å². The van der Waals surface area contributed by atoms with Crippen molar-refractivity contribution in [2.45, 2.75) is 13.0 Å². The molecule has 2 N–H and O–H groups in total. The van der Waals surface area contributed by atoms with Gasteiger partial charge in [-0.3, -0.25) is 4.79 Å². The van der Waals surface area contributed by atoms with Crippen LogP contribution in [-0.4, -0.2) is 12.5 Å². The molecule has 1 atom stereocenters. The molecule has 2 aromatic rings. The molecule has 108 valence electrons. The SMILES string of the molecule is CCOc1ccccc1NC1C(=O)Nc2ccc(Br)cc21. The number of halogens is 1. The van der Waals surface area contributed by atoms with Gasteiger partial charge in [0.1, 0.15) is 11.8 Å². The minimum atomic E-state index is -0.417. The first-order valence-electron chi connectivity index (χ1n) is 6.77. The van der Waals surface area contributed by atoms with Gasteiger partial charge in [-0.1, -0.05) is 28.1 Å². The number of hydrogen-bond acceptors (Lipinski definition) is 3. The van der Waals surface area contributed by atoms with Crippen LogP contribution in [0.3, 0.4) is 0 Å². The minimum Gasteiger partial charge on any atom is -0.492 e. The van der Waals surface area contributed by atoms with Crippen LogP contribution in [-0.2, 0) is 4.79 Å². The van der Waals surface area contributed by atoms with Crippen molar-refractivity contribution in [3.8, 4) is 5.75 Å².